The molecule has 0 saturated carbocycles. The Kier molecular flexibility index (Phi) is 6.82. The van der Waals surface area contributed by atoms with Gasteiger partial charge >= 0.3 is 0 Å². The van der Waals surface area contributed by atoms with Crippen LogP contribution in [0.1, 0.15) is 0 Å². The fourth-order valence-electron chi connectivity index (χ4n) is 4.17. The lowest BCUT2D eigenvalue weighted by Crippen LogP contribution is -2.36. The molecular weight excluding hydrogens is 472 g/mol. The van der Waals surface area contributed by atoms with Gasteiger partial charge in [-0.3, -0.25) is 14.2 Å². The molecule has 1 aliphatic heterocycles. The van der Waals surface area contributed by atoms with Crippen molar-refractivity contribution >= 4 is 40.0 Å². The zero-order valence-electron chi connectivity index (χ0n) is 20.3. The lowest BCUT2D eigenvalue weighted by molar-refractivity contribution is -0.111. The molecule has 10 nitrogen and oxygen atoms in total. The highest BCUT2D eigenvalue weighted by molar-refractivity contribution is 5.99. The van der Waals surface area contributed by atoms with Crippen molar-refractivity contribution in [1.29, 1.82) is 0 Å². The maximum Gasteiger partial charge on any atom is 0.256 e. The first-order valence-corrected chi connectivity index (χ1v) is 11.8. The topological polar surface area (TPSA) is 111 Å². The Morgan fingerprint density at radius 3 is 2.73 bits per heavy atom. The van der Waals surface area contributed by atoms with Crippen LogP contribution in [0.25, 0.3) is 16.7 Å². The van der Waals surface area contributed by atoms with Crippen LogP contribution in [0.2, 0.25) is 0 Å². The van der Waals surface area contributed by atoms with Crippen molar-refractivity contribution in [3.8, 4) is 11.4 Å². The number of morpholine rings is 1. The summed E-state index contributed by atoms with van der Waals surface area (Å²) in [6.07, 6.45) is 2.84. The number of anilines is 4. The van der Waals surface area contributed by atoms with Gasteiger partial charge in [-0.1, -0.05) is 12.6 Å². The monoisotopic (exact) mass is 498 g/mol. The van der Waals surface area contributed by atoms with E-state index in [2.05, 4.69) is 32.1 Å². The third-order valence-corrected chi connectivity index (χ3v) is 6.00. The van der Waals surface area contributed by atoms with Gasteiger partial charge in [0.15, 0.2) is 5.65 Å². The average Bonchev–Trinajstić information content (AvgIpc) is 2.93. The number of nitrogens with one attached hydrogen (secondary N) is 2. The maximum absolute atomic E-state index is 12.9. The smallest absolute Gasteiger partial charge is 0.256 e. The van der Waals surface area contributed by atoms with E-state index in [4.69, 9.17) is 9.47 Å². The van der Waals surface area contributed by atoms with Crippen LogP contribution in [-0.2, 0) is 9.53 Å². The molecule has 0 aliphatic carbocycles. The molecule has 0 bridgehead atoms. The van der Waals surface area contributed by atoms with Gasteiger partial charge in [-0.25, -0.2) is 4.98 Å². The summed E-state index contributed by atoms with van der Waals surface area (Å²) in [5.41, 5.74) is 2.97. The third-order valence-electron chi connectivity index (χ3n) is 6.00. The number of ether oxygens (including phenoxy) is 2. The molecule has 2 aromatic heterocycles. The minimum Gasteiger partial charge on any atom is -0.494 e. The standard InChI is InChI=1S/C27H26N6O4/c1-3-24(34)29-19-5-4-6-21(15-19)33-25(35)10-7-18-17-28-27(31-26(18)33)30-22-9-8-20(16-23(22)36-2)32-11-13-37-14-12-32/h3-10,15-17H,1,11-14H2,2H3,(H,29,34)(H,28,30,31). The fraction of sp³-hybridized carbons (Fsp3) is 0.185. The number of benzene rings is 2. The van der Waals surface area contributed by atoms with E-state index in [1.807, 2.05) is 18.2 Å². The van der Waals surface area contributed by atoms with Crippen LogP contribution in [0.15, 0.2) is 78.2 Å². The molecule has 0 atom stereocenters. The van der Waals surface area contributed by atoms with E-state index in [0.717, 1.165) is 18.8 Å². The van der Waals surface area contributed by atoms with Crippen LogP contribution < -0.4 is 25.8 Å². The van der Waals surface area contributed by atoms with Crippen LogP contribution >= 0.6 is 0 Å². The van der Waals surface area contributed by atoms with E-state index in [1.165, 1.54) is 16.7 Å². The number of rotatable bonds is 7. The Balaban J connectivity index is 1.50. The average molecular weight is 499 g/mol. The number of carbonyl (C=O) groups is 1. The normalized spacial score (nSPS) is 13.3. The van der Waals surface area contributed by atoms with E-state index in [9.17, 15) is 9.59 Å². The van der Waals surface area contributed by atoms with Crippen molar-refractivity contribution in [2.24, 2.45) is 0 Å². The molecule has 188 valence electrons. The predicted molar refractivity (Wildman–Crippen MR) is 143 cm³/mol. The largest absolute Gasteiger partial charge is 0.494 e. The number of pyridine rings is 1. The number of hydrogen-bond acceptors (Lipinski definition) is 8. The number of fused-ring (bicyclic) bond motifs is 1. The first-order valence-electron chi connectivity index (χ1n) is 11.8. The van der Waals surface area contributed by atoms with Gasteiger partial charge in [0, 0.05) is 48.2 Å². The van der Waals surface area contributed by atoms with Crippen LogP contribution in [-0.4, -0.2) is 53.9 Å². The molecule has 0 unspecified atom stereocenters. The number of amides is 1. The van der Waals surface area contributed by atoms with Crippen molar-refractivity contribution < 1.29 is 14.3 Å². The summed E-state index contributed by atoms with van der Waals surface area (Å²) in [6.45, 7) is 6.49. The highest BCUT2D eigenvalue weighted by Crippen LogP contribution is 2.32. The number of carbonyl (C=O) groups excluding carboxylic acids is 1. The van der Waals surface area contributed by atoms with Crippen LogP contribution in [0.4, 0.5) is 23.0 Å². The van der Waals surface area contributed by atoms with Crippen molar-refractivity contribution in [1.82, 2.24) is 14.5 Å². The quantitative estimate of drug-likeness (QED) is 0.373. The Labute approximate surface area is 213 Å². The molecule has 4 aromatic rings. The summed E-state index contributed by atoms with van der Waals surface area (Å²) < 4.78 is 12.6. The molecular formula is C27H26N6O4. The van der Waals surface area contributed by atoms with Gasteiger partial charge in [0.2, 0.25) is 11.9 Å². The van der Waals surface area contributed by atoms with Gasteiger partial charge in [-0.05, 0) is 42.5 Å². The van der Waals surface area contributed by atoms with E-state index in [-0.39, 0.29) is 11.5 Å². The lowest BCUT2D eigenvalue weighted by Gasteiger charge is -2.29. The van der Waals surface area contributed by atoms with E-state index >= 15 is 0 Å². The molecule has 3 heterocycles. The zero-order chi connectivity index (χ0) is 25.8. The van der Waals surface area contributed by atoms with Crippen LogP contribution in [0.5, 0.6) is 5.75 Å². The first kappa shape index (κ1) is 24.0. The third kappa shape index (κ3) is 5.14. The summed E-state index contributed by atoms with van der Waals surface area (Å²) in [5.74, 6) is 0.606. The van der Waals surface area contributed by atoms with Gasteiger partial charge in [0.1, 0.15) is 5.75 Å². The molecule has 1 saturated heterocycles. The summed E-state index contributed by atoms with van der Waals surface area (Å²) in [4.78, 5) is 36.0. The number of nitrogens with zero attached hydrogens (tertiary/aromatic N) is 4. The van der Waals surface area contributed by atoms with Crippen molar-refractivity contribution in [2.75, 3.05) is 48.9 Å². The van der Waals surface area contributed by atoms with E-state index in [1.54, 1.807) is 43.6 Å². The van der Waals surface area contributed by atoms with Gasteiger partial charge < -0.3 is 25.0 Å². The molecule has 1 fully saturated rings. The maximum atomic E-state index is 12.9. The summed E-state index contributed by atoms with van der Waals surface area (Å²) in [6, 6.07) is 16.0. The fourth-order valence-corrected chi connectivity index (χ4v) is 4.17. The summed E-state index contributed by atoms with van der Waals surface area (Å²) >= 11 is 0. The van der Waals surface area contributed by atoms with Crippen LogP contribution in [0.3, 0.4) is 0 Å². The highest BCUT2D eigenvalue weighted by atomic mass is 16.5. The van der Waals surface area contributed by atoms with Crippen molar-refractivity contribution in [2.45, 2.75) is 0 Å². The van der Waals surface area contributed by atoms with E-state index < -0.39 is 0 Å². The van der Waals surface area contributed by atoms with Gasteiger partial charge in [0.25, 0.3) is 5.56 Å². The van der Waals surface area contributed by atoms with Crippen molar-refractivity contribution in [3.05, 3.63) is 83.8 Å². The molecule has 5 rings (SSSR count). The Hall–Kier alpha value is -4.70. The van der Waals surface area contributed by atoms with Gasteiger partial charge in [-0.2, -0.15) is 4.98 Å². The molecule has 1 amide bonds. The second-order valence-electron chi connectivity index (χ2n) is 8.33. The van der Waals surface area contributed by atoms with Crippen LogP contribution in [0, 0.1) is 0 Å². The number of hydrogen-bond donors (Lipinski definition) is 2. The Morgan fingerprint density at radius 1 is 1.11 bits per heavy atom. The molecule has 0 spiro atoms. The zero-order valence-corrected chi connectivity index (χ0v) is 20.3. The molecule has 2 N–H and O–H groups in total. The van der Waals surface area contributed by atoms with Crippen molar-refractivity contribution in [3.63, 3.8) is 0 Å². The van der Waals surface area contributed by atoms with E-state index in [0.29, 0.717) is 53.0 Å². The summed E-state index contributed by atoms with van der Waals surface area (Å²) in [7, 11) is 1.61. The highest BCUT2D eigenvalue weighted by Gasteiger charge is 2.15. The Morgan fingerprint density at radius 2 is 1.95 bits per heavy atom. The predicted octanol–water partition coefficient (Wildman–Crippen LogP) is 3.49. The Bertz CT molecular complexity index is 1530. The SMILES string of the molecule is C=CC(=O)Nc1cccc(-n2c(=O)ccc3cnc(Nc4ccc(N5CCOCC5)cc4OC)nc32)c1. The molecule has 2 aromatic carbocycles. The summed E-state index contributed by atoms with van der Waals surface area (Å²) in [5, 5.41) is 6.61. The lowest BCUT2D eigenvalue weighted by atomic mass is 10.2. The number of aromatic nitrogens is 3. The minimum atomic E-state index is -0.343. The molecule has 0 radical (unpaired) electrons. The van der Waals surface area contributed by atoms with Gasteiger partial charge in [0.05, 0.1) is 31.7 Å². The first-order chi connectivity index (χ1) is 18.1. The molecule has 37 heavy (non-hydrogen) atoms. The molecule has 10 heteroatoms. The van der Waals surface area contributed by atoms with Gasteiger partial charge in [-0.15, -0.1) is 0 Å². The molecule has 1 aliphatic rings. The number of methoxy groups -OCH3 is 1. The second-order valence-corrected chi connectivity index (χ2v) is 8.33. The second kappa shape index (κ2) is 10.5. The minimum absolute atomic E-state index is 0.267.